The Balaban J connectivity index is 1.69. The number of hydrogen-bond acceptors (Lipinski definition) is 3. The van der Waals surface area contributed by atoms with E-state index in [0.717, 1.165) is 31.2 Å². The summed E-state index contributed by atoms with van der Waals surface area (Å²) in [7, 11) is -3.62. The molecule has 29 heavy (non-hydrogen) atoms. The van der Waals surface area contributed by atoms with Crippen LogP contribution in [0, 0.1) is 5.82 Å². The second-order valence-electron chi connectivity index (χ2n) is 7.34. The molecule has 2 aromatic carbocycles. The number of amides is 1. The predicted molar refractivity (Wildman–Crippen MR) is 111 cm³/mol. The first-order chi connectivity index (χ1) is 13.9. The van der Waals surface area contributed by atoms with Crippen LogP contribution in [0.3, 0.4) is 0 Å². The lowest BCUT2D eigenvalue weighted by Gasteiger charge is -2.30. The van der Waals surface area contributed by atoms with E-state index in [9.17, 15) is 17.6 Å². The van der Waals surface area contributed by atoms with Gasteiger partial charge < -0.3 is 5.32 Å². The summed E-state index contributed by atoms with van der Waals surface area (Å²) in [6.45, 7) is 4.07. The number of halogens is 1. The molecule has 1 aliphatic rings. The maximum Gasteiger partial charge on any atom is 0.251 e. The molecule has 0 aliphatic heterocycles. The van der Waals surface area contributed by atoms with Crippen LogP contribution in [0.2, 0.25) is 0 Å². The van der Waals surface area contributed by atoms with Gasteiger partial charge in [0.05, 0.1) is 4.90 Å². The van der Waals surface area contributed by atoms with Crippen LogP contribution in [-0.4, -0.2) is 27.4 Å². The fourth-order valence-corrected chi connectivity index (χ4v) is 4.81. The van der Waals surface area contributed by atoms with Gasteiger partial charge in [-0.25, -0.2) is 17.5 Å². The van der Waals surface area contributed by atoms with Crippen molar-refractivity contribution in [3.8, 4) is 0 Å². The van der Waals surface area contributed by atoms with Crippen molar-refractivity contribution >= 4 is 15.9 Å². The first-order valence-corrected chi connectivity index (χ1v) is 11.1. The number of carbonyl (C=O) groups excluding carboxylic acids is 1. The van der Waals surface area contributed by atoms with Crippen molar-refractivity contribution in [2.24, 2.45) is 0 Å². The smallest absolute Gasteiger partial charge is 0.251 e. The highest BCUT2D eigenvalue weighted by atomic mass is 32.2. The van der Waals surface area contributed by atoms with Crippen molar-refractivity contribution in [3.05, 3.63) is 78.1 Å². The summed E-state index contributed by atoms with van der Waals surface area (Å²) < 4.78 is 39.9. The van der Waals surface area contributed by atoms with Gasteiger partial charge in [-0.15, -0.1) is 6.58 Å². The molecule has 154 valence electrons. The molecular formula is C22H25FN2O3S. The lowest BCUT2D eigenvalue weighted by Crippen LogP contribution is -2.39. The largest absolute Gasteiger partial charge is 0.351 e. The average Bonchev–Trinajstić information content (AvgIpc) is 3.21. The monoisotopic (exact) mass is 416 g/mol. The van der Waals surface area contributed by atoms with Crippen molar-refractivity contribution < 1.29 is 17.6 Å². The number of carbonyl (C=O) groups is 1. The molecular weight excluding hydrogens is 391 g/mol. The number of sulfonamides is 1. The highest BCUT2D eigenvalue weighted by Crippen LogP contribution is 2.40. The summed E-state index contributed by atoms with van der Waals surface area (Å²) in [4.78, 5) is 12.7. The van der Waals surface area contributed by atoms with Crippen molar-refractivity contribution in [1.82, 2.24) is 10.0 Å². The first-order valence-electron chi connectivity index (χ1n) is 9.61. The Morgan fingerprint density at radius 1 is 1.07 bits per heavy atom. The Morgan fingerprint density at radius 2 is 1.69 bits per heavy atom. The molecule has 1 fully saturated rings. The Labute approximate surface area is 171 Å². The lowest BCUT2D eigenvalue weighted by molar-refractivity contribution is 0.0943. The van der Waals surface area contributed by atoms with E-state index < -0.39 is 10.0 Å². The molecule has 0 atom stereocenters. The molecule has 0 spiro atoms. The Kier molecular flexibility index (Phi) is 6.49. The van der Waals surface area contributed by atoms with Gasteiger partial charge in [0.2, 0.25) is 10.0 Å². The van der Waals surface area contributed by atoms with Crippen LogP contribution in [-0.2, 0) is 15.4 Å². The Bertz CT molecular complexity index is 964. The van der Waals surface area contributed by atoms with Crippen LogP contribution in [0.5, 0.6) is 0 Å². The van der Waals surface area contributed by atoms with Crippen LogP contribution in [0.1, 0.15) is 41.6 Å². The van der Waals surface area contributed by atoms with Crippen molar-refractivity contribution in [3.63, 3.8) is 0 Å². The van der Waals surface area contributed by atoms with Crippen molar-refractivity contribution in [2.75, 3.05) is 13.1 Å². The van der Waals surface area contributed by atoms with Crippen molar-refractivity contribution in [1.29, 1.82) is 0 Å². The normalized spacial score (nSPS) is 15.8. The zero-order valence-corrected chi connectivity index (χ0v) is 17.0. The molecule has 1 aliphatic carbocycles. The third kappa shape index (κ3) is 4.92. The molecule has 0 aromatic heterocycles. The summed E-state index contributed by atoms with van der Waals surface area (Å²) in [6.07, 6.45) is 5.46. The predicted octanol–water partition coefficient (Wildman–Crippen LogP) is 3.53. The standard InChI is InChI=1S/C22H25FN2O3S/c1-2-15-25-29(27,28)20-11-5-17(6-12-20)21(26)24-16-22(13-3-4-14-22)18-7-9-19(23)10-8-18/h2,5-12,25H,1,3-4,13-16H2,(H,24,26). The zero-order valence-electron chi connectivity index (χ0n) is 16.2. The molecule has 0 unspecified atom stereocenters. The third-order valence-electron chi connectivity index (χ3n) is 5.45. The molecule has 0 saturated heterocycles. The highest BCUT2D eigenvalue weighted by Gasteiger charge is 2.36. The van der Waals surface area contributed by atoms with E-state index in [-0.39, 0.29) is 28.6 Å². The van der Waals surface area contributed by atoms with Gasteiger partial charge in [-0.2, -0.15) is 0 Å². The summed E-state index contributed by atoms with van der Waals surface area (Å²) in [5.74, 6) is -0.537. The van der Waals surface area contributed by atoms with E-state index >= 15 is 0 Å². The molecule has 5 nitrogen and oxygen atoms in total. The lowest BCUT2D eigenvalue weighted by atomic mass is 9.78. The summed E-state index contributed by atoms with van der Waals surface area (Å²) in [6, 6.07) is 12.3. The van der Waals surface area contributed by atoms with Crippen LogP contribution >= 0.6 is 0 Å². The fourth-order valence-electron chi connectivity index (χ4n) is 3.81. The molecule has 0 radical (unpaired) electrons. The number of rotatable bonds is 8. The molecule has 0 heterocycles. The number of hydrogen-bond donors (Lipinski definition) is 2. The quantitative estimate of drug-likeness (QED) is 0.647. The minimum atomic E-state index is -3.62. The van der Waals surface area contributed by atoms with Crippen LogP contribution in [0.15, 0.2) is 66.1 Å². The van der Waals surface area contributed by atoms with Gasteiger partial charge in [0, 0.05) is 24.1 Å². The first kappa shape index (κ1) is 21.2. The average molecular weight is 417 g/mol. The van der Waals surface area contributed by atoms with Gasteiger partial charge in [0.1, 0.15) is 5.82 Å². The third-order valence-corrected chi connectivity index (χ3v) is 6.89. The minimum absolute atomic E-state index is 0.0921. The maximum absolute atomic E-state index is 13.3. The van der Waals surface area contributed by atoms with E-state index in [2.05, 4.69) is 16.6 Å². The molecule has 1 amide bonds. The number of nitrogens with one attached hydrogen (secondary N) is 2. The maximum atomic E-state index is 13.3. The van der Waals surface area contributed by atoms with Gasteiger partial charge in [0.15, 0.2) is 0 Å². The second kappa shape index (κ2) is 8.88. The summed E-state index contributed by atoms with van der Waals surface area (Å²) >= 11 is 0. The van der Waals surface area contributed by atoms with E-state index in [0.29, 0.717) is 12.1 Å². The molecule has 3 rings (SSSR count). The van der Waals surface area contributed by atoms with E-state index in [1.165, 1.54) is 42.5 Å². The molecule has 2 aromatic rings. The van der Waals surface area contributed by atoms with Gasteiger partial charge >= 0.3 is 0 Å². The number of benzene rings is 2. The van der Waals surface area contributed by atoms with E-state index in [4.69, 9.17) is 0 Å². The molecule has 7 heteroatoms. The van der Waals surface area contributed by atoms with Crippen molar-refractivity contribution in [2.45, 2.75) is 36.0 Å². The van der Waals surface area contributed by atoms with E-state index in [1.54, 1.807) is 12.1 Å². The van der Waals surface area contributed by atoms with Crippen LogP contribution in [0.25, 0.3) is 0 Å². The zero-order chi connectivity index (χ0) is 20.9. The van der Waals surface area contributed by atoms with Gasteiger partial charge in [-0.05, 0) is 54.8 Å². The van der Waals surface area contributed by atoms with Crippen LogP contribution in [0.4, 0.5) is 4.39 Å². The Morgan fingerprint density at radius 3 is 2.28 bits per heavy atom. The topological polar surface area (TPSA) is 75.3 Å². The Hall–Kier alpha value is -2.51. The molecule has 2 N–H and O–H groups in total. The molecule has 0 bridgehead atoms. The minimum Gasteiger partial charge on any atom is -0.351 e. The van der Waals surface area contributed by atoms with Crippen LogP contribution < -0.4 is 10.0 Å². The highest BCUT2D eigenvalue weighted by molar-refractivity contribution is 7.89. The summed E-state index contributed by atoms with van der Waals surface area (Å²) in [5, 5.41) is 2.98. The van der Waals surface area contributed by atoms with Gasteiger partial charge in [-0.3, -0.25) is 4.79 Å². The molecule has 1 saturated carbocycles. The fraction of sp³-hybridized carbons (Fsp3) is 0.318. The van der Waals surface area contributed by atoms with Gasteiger partial charge in [0.25, 0.3) is 5.91 Å². The summed E-state index contributed by atoms with van der Waals surface area (Å²) in [5.41, 5.74) is 1.23. The SMILES string of the molecule is C=CCNS(=O)(=O)c1ccc(C(=O)NCC2(c3ccc(F)cc3)CCCC2)cc1. The van der Waals surface area contributed by atoms with Gasteiger partial charge in [-0.1, -0.05) is 31.1 Å². The van der Waals surface area contributed by atoms with E-state index in [1.807, 2.05) is 0 Å². The second-order valence-corrected chi connectivity index (χ2v) is 9.11.